The van der Waals surface area contributed by atoms with Crippen molar-refractivity contribution in [2.75, 3.05) is 0 Å². The van der Waals surface area contributed by atoms with Gasteiger partial charge in [0.15, 0.2) is 23.0 Å². The standard InChI is InChI=1S/C21H18O11/c22-9-6-10(8-4-2-1-3-5-8)30-11-7-12(14(23)15(24)13(9)11)31-21-18(27)16(25)17(26)19(32-21)20(28)29/h1-7,16-19,21,23-27H,(H,28,29)/t16?,17-,18?,19?,21+/m0/s1. The number of carboxylic acid groups (broad SMARTS) is 1. The number of aliphatic hydroxyl groups is 3. The van der Waals surface area contributed by atoms with Gasteiger partial charge >= 0.3 is 5.97 Å². The highest BCUT2D eigenvalue weighted by Crippen LogP contribution is 2.42. The lowest BCUT2D eigenvalue weighted by Crippen LogP contribution is -2.61. The van der Waals surface area contributed by atoms with Gasteiger partial charge in [0, 0.05) is 17.7 Å². The summed E-state index contributed by atoms with van der Waals surface area (Å²) in [6.07, 6.45) is -9.56. The zero-order chi connectivity index (χ0) is 23.2. The maximum absolute atomic E-state index is 12.5. The van der Waals surface area contributed by atoms with Gasteiger partial charge < -0.3 is 44.5 Å². The summed E-state index contributed by atoms with van der Waals surface area (Å²) in [6.45, 7) is 0. The molecule has 0 bridgehead atoms. The third-order valence-corrected chi connectivity index (χ3v) is 5.05. The van der Waals surface area contributed by atoms with Crippen molar-refractivity contribution in [2.24, 2.45) is 0 Å². The van der Waals surface area contributed by atoms with Crippen molar-refractivity contribution in [3.63, 3.8) is 0 Å². The Labute approximate surface area is 178 Å². The first-order valence-electron chi connectivity index (χ1n) is 9.36. The number of rotatable bonds is 4. The quantitative estimate of drug-likeness (QED) is 0.299. The van der Waals surface area contributed by atoms with E-state index in [0.717, 1.165) is 12.1 Å². The molecule has 11 nitrogen and oxygen atoms in total. The summed E-state index contributed by atoms with van der Waals surface area (Å²) < 4.78 is 16.0. The molecule has 3 unspecified atom stereocenters. The number of carboxylic acids is 1. The minimum Gasteiger partial charge on any atom is -0.504 e. The van der Waals surface area contributed by atoms with E-state index in [1.165, 1.54) is 0 Å². The van der Waals surface area contributed by atoms with E-state index < -0.39 is 59.4 Å². The van der Waals surface area contributed by atoms with Crippen LogP contribution in [0.3, 0.4) is 0 Å². The Hall–Kier alpha value is -3.64. The first kappa shape index (κ1) is 21.6. The van der Waals surface area contributed by atoms with E-state index >= 15 is 0 Å². The molecule has 0 saturated carbocycles. The van der Waals surface area contributed by atoms with Gasteiger partial charge in [-0.2, -0.15) is 0 Å². The van der Waals surface area contributed by atoms with E-state index in [4.69, 9.17) is 19.0 Å². The number of fused-ring (bicyclic) bond motifs is 1. The summed E-state index contributed by atoms with van der Waals surface area (Å²) in [5.74, 6) is -3.76. The lowest BCUT2D eigenvalue weighted by atomic mass is 9.99. The van der Waals surface area contributed by atoms with E-state index in [1.807, 2.05) is 0 Å². The second-order valence-electron chi connectivity index (χ2n) is 7.14. The fourth-order valence-electron chi connectivity index (χ4n) is 3.38. The average molecular weight is 446 g/mol. The molecule has 6 N–H and O–H groups in total. The van der Waals surface area contributed by atoms with E-state index in [-0.39, 0.29) is 16.7 Å². The molecule has 0 spiro atoms. The normalized spacial score (nSPS) is 25.5. The molecule has 0 aliphatic carbocycles. The Balaban J connectivity index is 1.77. The lowest BCUT2D eigenvalue weighted by molar-refractivity contribution is -0.271. The molecule has 168 valence electrons. The number of aliphatic carboxylic acids is 1. The third-order valence-electron chi connectivity index (χ3n) is 5.05. The molecule has 11 heteroatoms. The Kier molecular flexibility index (Phi) is 5.48. The summed E-state index contributed by atoms with van der Waals surface area (Å²) in [6, 6.07) is 10.8. The molecule has 2 heterocycles. The van der Waals surface area contributed by atoms with Crippen LogP contribution in [0, 0.1) is 0 Å². The molecule has 0 radical (unpaired) electrons. The van der Waals surface area contributed by atoms with Gasteiger partial charge in [0.05, 0.1) is 0 Å². The molecular weight excluding hydrogens is 428 g/mol. The first-order chi connectivity index (χ1) is 15.2. The van der Waals surface area contributed by atoms with Crippen LogP contribution in [0.15, 0.2) is 51.7 Å². The smallest absolute Gasteiger partial charge is 0.335 e. The van der Waals surface area contributed by atoms with Gasteiger partial charge in [0.1, 0.15) is 35.0 Å². The Morgan fingerprint density at radius 1 is 0.938 bits per heavy atom. The van der Waals surface area contributed by atoms with Gasteiger partial charge in [-0.1, -0.05) is 30.3 Å². The van der Waals surface area contributed by atoms with E-state index in [2.05, 4.69) is 0 Å². The van der Waals surface area contributed by atoms with Gasteiger partial charge in [-0.15, -0.1) is 0 Å². The van der Waals surface area contributed by atoms with Crippen molar-refractivity contribution in [3.8, 4) is 28.6 Å². The number of hydrogen-bond donors (Lipinski definition) is 6. The van der Waals surface area contributed by atoms with Crippen molar-refractivity contribution in [1.29, 1.82) is 0 Å². The Morgan fingerprint density at radius 2 is 1.62 bits per heavy atom. The van der Waals surface area contributed by atoms with Crippen LogP contribution in [0.4, 0.5) is 0 Å². The second kappa shape index (κ2) is 8.13. The minimum atomic E-state index is -1.94. The summed E-state index contributed by atoms with van der Waals surface area (Å²) >= 11 is 0. The average Bonchev–Trinajstić information content (AvgIpc) is 2.77. The molecule has 1 aromatic heterocycles. The van der Waals surface area contributed by atoms with Gasteiger partial charge in [0.2, 0.25) is 12.0 Å². The molecule has 1 fully saturated rings. The summed E-state index contributed by atoms with van der Waals surface area (Å²) in [5.41, 5.74) is -0.265. The van der Waals surface area contributed by atoms with Gasteiger partial charge in [0.25, 0.3) is 0 Å². The predicted molar refractivity (Wildman–Crippen MR) is 106 cm³/mol. The topological polar surface area (TPSA) is 187 Å². The SMILES string of the molecule is O=C(O)C1O[C@@H](Oc2cc3oc(-c4ccccc4)cc(=O)c3c(O)c2O)C(O)C(O)[C@@H]1O. The van der Waals surface area contributed by atoms with E-state index in [1.54, 1.807) is 30.3 Å². The number of phenols is 2. The molecule has 1 aliphatic rings. The number of benzene rings is 2. The number of phenolic OH excluding ortho intramolecular Hbond substituents is 2. The largest absolute Gasteiger partial charge is 0.504 e. The van der Waals surface area contributed by atoms with Crippen molar-refractivity contribution in [2.45, 2.75) is 30.7 Å². The minimum absolute atomic E-state index is 0.164. The molecule has 3 aromatic rings. The number of ether oxygens (including phenoxy) is 2. The Morgan fingerprint density at radius 3 is 2.28 bits per heavy atom. The van der Waals surface area contributed by atoms with Crippen LogP contribution in [0.2, 0.25) is 0 Å². The summed E-state index contributed by atoms with van der Waals surface area (Å²) in [7, 11) is 0. The maximum atomic E-state index is 12.5. The van der Waals surface area contributed by atoms with E-state index in [9.17, 15) is 35.1 Å². The van der Waals surface area contributed by atoms with E-state index in [0.29, 0.717) is 5.56 Å². The van der Waals surface area contributed by atoms with Crippen LogP contribution in [-0.2, 0) is 9.53 Å². The molecule has 0 amide bonds. The molecular formula is C21H18O11. The van der Waals surface area contributed by atoms with Crippen molar-refractivity contribution in [3.05, 3.63) is 52.7 Å². The molecule has 5 atom stereocenters. The number of aromatic hydroxyl groups is 2. The fourth-order valence-corrected chi connectivity index (χ4v) is 3.38. The number of aliphatic hydroxyl groups excluding tert-OH is 3. The van der Waals surface area contributed by atoms with Crippen LogP contribution in [0.5, 0.6) is 17.2 Å². The first-order valence-corrected chi connectivity index (χ1v) is 9.36. The van der Waals surface area contributed by atoms with Gasteiger partial charge in [-0.3, -0.25) is 4.79 Å². The third kappa shape index (κ3) is 3.63. The highest BCUT2D eigenvalue weighted by atomic mass is 16.7. The van der Waals surface area contributed by atoms with Gasteiger partial charge in [-0.25, -0.2) is 4.79 Å². The number of carbonyl (C=O) groups is 1. The second-order valence-corrected chi connectivity index (χ2v) is 7.14. The molecule has 1 aliphatic heterocycles. The molecule has 32 heavy (non-hydrogen) atoms. The van der Waals surface area contributed by atoms with Crippen LogP contribution in [-0.4, -0.2) is 67.3 Å². The zero-order valence-electron chi connectivity index (χ0n) is 16.2. The molecule has 2 aromatic carbocycles. The highest BCUT2D eigenvalue weighted by molar-refractivity contribution is 5.89. The van der Waals surface area contributed by atoms with Crippen LogP contribution < -0.4 is 10.2 Å². The number of hydrogen-bond acceptors (Lipinski definition) is 10. The van der Waals surface area contributed by atoms with Crippen LogP contribution in [0.1, 0.15) is 0 Å². The monoisotopic (exact) mass is 446 g/mol. The Bertz CT molecular complexity index is 1220. The summed E-state index contributed by atoms with van der Waals surface area (Å²) in [4.78, 5) is 23.8. The van der Waals surface area contributed by atoms with Crippen LogP contribution in [0.25, 0.3) is 22.3 Å². The zero-order valence-corrected chi connectivity index (χ0v) is 16.2. The van der Waals surface area contributed by atoms with Crippen LogP contribution >= 0.6 is 0 Å². The predicted octanol–water partition coefficient (Wildman–Crippen LogP) is 0.142. The van der Waals surface area contributed by atoms with Crippen molar-refractivity contribution >= 4 is 16.9 Å². The van der Waals surface area contributed by atoms with Crippen molar-refractivity contribution < 1.29 is 49.3 Å². The lowest BCUT2D eigenvalue weighted by Gasteiger charge is -2.38. The maximum Gasteiger partial charge on any atom is 0.335 e. The molecule has 1 saturated heterocycles. The highest BCUT2D eigenvalue weighted by Gasteiger charge is 2.48. The van der Waals surface area contributed by atoms with Crippen molar-refractivity contribution in [1.82, 2.24) is 0 Å². The molecule has 4 rings (SSSR count). The van der Waals surface area contributed by atoms with Gasteiger partial charge in [-0.05, 0) is 0 Å². The summed E-state index contributed by atoms with van der Waals surface area (Å²) in [5, 5.41) is 59.2. The fraction of sp³-hybridized carbons (Fsp3) is 0.238.